The third-order valence-corrected chi connectivity index (χ3v) is 4.82. The fourth-order valence-corrected chi connectivity index (χ4v) is 3.36. The Morgan fingerprint density at radius 2 is 2.24 bits per heavy atom. The molecule has 110 valence electrons. The molecule has 0 aliphatic heterocycles. The van der Waals surface area contributed by atoms with E-state index in [1.807, 2.05) is 19.5 Å². The molecule has 1 N–H and O–H groups in total. The molecule has 3 rings (SSSR count). The lowest BCUT2D eigenvalue weighted by atomic mass is 10.1. The minimum atomic E-state index is 0.714. The Kier molecular flexibility index (Phi) is 4.24. The predicted octanol–water partition coefficient (Wildman–Crippen LogP) is 3.32. The molecule has 0 radical (unpaired) electrons. The zero-order valence-electron chi connectivity index (χ0n) is 12.1. The molecule has 21 heavy (non-hydrogen) atoms. The number of hydrogen-bond acceptors (Lipinski definition) is 4. The molecule has 0 saturated heterocycles. The van der Waals surface area contributed by atoms with Gasteiger partial charge in [-0.05, 0) is 37.6 Å². The van der Waals surface area contributed by atoms with Crippen LogP contribution in [0.2, 0.25) is 5.15 Å². The van der Waals surface area contributed by atoms with Gasteiger partial charge in [-0.15, -0.1) is 11.3 Å². The molecule has 0 fully saturated rings. The maximum absolute atomic E-state index is 6.22. The number of nitrogens with one attached hydrogen (secondary N) is 1. The summed E-state index contributed by atoms with van der Waals surface area (Å²) in [4.78, 5) is 4.30. The smallest absolute Gasteiger partial charge is 0.131 e. The molecule has 0 saturated carbocycles. The molecule has 0 aliphatic rings. The number of hydrogen-bond donors (Lipinski definition) is 1. The summed E-state index contributed by atoms with van der Waals surface area (Å²) in [5, 5.41) is 8.47. The zero-order chi connectivity index (χ0) is 14.8. The van der Waals surface area contributed by atoms with Gasteiger partial charge in [-0.1, -0.05) is 17.7 Å². The number of fused-ring (bicyclic) bond motifs is 1. The average molecular weight is 321 g/mol. The Bertz CT molecular complexity index is 762. The van der Waals surface area contributed by atoms with Crippen LogP contribution in [0.4, 0.5) is 0 Å². The van der Waals surface area contributed by atoms with Gasteiger partial charge in [0.1, 0.15) is 5.15 Å². The van der Waals surface area contributed by atoms with E-state index in [0.29, 0.717) is 5.15 Å². The van der Waals surface area contributed by atoms with Crippen LogP contribution >= 0.6 is 22.9 Å². The van der Waals surface area contributed by atoms with Crippen LogP contribution in [0.3, 0.4) is 0 Å². The summed E-state index contributed by atoms with van der Waals surface area (Å²) in [5.74, 6) is 0. The highest BCUT2D eigenvalue weighted by atomic mass is 35.5. The summed E-state index contributed by atoms with van der Waals surface area (Å²) in [7, 11) is 1.86. The monoisotopic (exact) mass is 320 g/mol. The van der Waals surface area contributed by atoms with Crippen molar-refractivity contribution in [1.29, 1.82) is 0 Å². The number of rotatable bonds is 5. The van der Waals surface area contributed by atoms with E-state index in [1.165, 1.54) is 10.3 Å². The normalized spacial score (nSPS) is 11.4. The van der Waals surface area contributed by atoms with Crippen molar-refractivity contribution in [2.45, 2.75) is 19.9 Å². The Balaban J connectivity index is 1.56. The molecule has 0 spiro atoms. The Labute approximate surface area is 132 Å². The number of benzene rings is 1. The Morgan fingerprint density at radius 3 is 3.00 bits per heavy atom. The first-order valence-corrected chi connectivity index (χ1v) is 8.11. The lowest BCUT2D eigenvalue weighted by Crippen LogP contribution is -2.17. The minimum Gasteiger partial charge on any atom is -0.312 e. The zero-order valence-corrected chi connectivity index (χ0v) is 13.6. The molecule has 2 heterocycles. The summed E-state index contributed by atoms with van der Waals surface area (Å²) in [6.07, 6.45) is 0.991. The van der Waals surface area contributed by atoms with Gasteiger partial charge in [-0.2, -0.15) is 5.10 Å². The van der Waals surface area contributed by atoms with E-state index in [1.54, 1.807) is 16.0 Å². The fraction of sp³-hybridized carbons (Fsp3) is 0.333. The van der Waals surface area contributed by atoms with Crippen molar-refractivity contribution in [2.75, 3.05) is 6.54 Å². The third-order valence-electron chi connectivity index (χ3n) is 3.56. The first kappa shape index (κ1) is 14.5. The Morgan fingerprint density at radius 1 is 1.38 bits per heavy atom. The lowest BCUT2D eigenvalue weighted by molar-refractivity contribution is 0.684. The van der Waals surface area contributed by atoms with E-state index in [2.05, 4.69) is 33.6 Å². The van der Waals surface area contributed by atoms with E-state index in [-0.39, 0.29) is 0 Å². The predicted molar refractivity (Wildman–Crippen MR) is 88.0 cm³/mol. The molecular weight excluding hydrogens is 304 g/mol. The van der Waals surface area contributed by atoms with Gasteiger partial charge in [0, 0.05) is 19.2 Å². The first-order chi connectivity index (χ1) is 10.1. The molecule has 0 atom stereocenters. The van der Waals surface area contributed by atoms with Crippen LogP contribution in [-0.2, 0) is 20.0 Å². The van der Waals surface area contributed by atoms with Crippen molar-refractivity contribution < 1.29 is 0 Å². The summed E-state index contributed by atoms with van der Waals surface area (Å²) >= 11 is 7.90. The summed E-state index contributed by atoms with van der Waals surface area (Å²) in [5.41, 5.74) is 6.36. The van der Waals surface area contributed by atoms with Gasteiger partial charge in [0.2, 0.25) is 0 Å². The SMILES string of the molecule is Cc1nn(C)c(Cl)c1CNCCc1ccc2ncsc2c1. The first-order valence-electron chi connectivity index (χ1n) is 6.86. The van der Waals surface area contributed by atoms with Crippen LogP contribution in [0.5, 0.6) is 0 Å². The van der Waals surface area contributed by atoms with Crippen molar-refractivity contribution in [3.05, 3.63) is 45.7 Å². The highest BCUT2D eigenvalue weighted by molar-refractivity contribution is 7.16. The molecule has 2 aromatic heterocycles. The second-order valence-corrected chi connectivity index (χ2v) is 6.30. The number of aromatic nitrogens is 3. The van der Waals surface area contributed by atoms with Crippen molar-refractivity contribution in [3.63, 3.8) is 0 Å². The summed E-state index contributed by atoms with van der Waals surface area (Å²) in [6.45, 7) is 3.65. The van der Waals surface area contributed by atoms with E-state index in [0.717, 1.165) is 36.3 Å². The van der Waals surface area contributed by atoms with Gasteiger partial charge in [-0.3, -0.25) is 4.68 Å². The van der Waals surface area contributed by atoms with Gasteiger partial charge < -0.3 is 5.32 Å². The van der Waals surface area contributed by atoms with Crippen molar-refractivity contribution in [1.82, 2.24) is 20.1 Å². The second-order valence-electron chi connectivity index (χ2n) is 5.06. The molecule has 3 aromatic rings. The van der Waals surface area contributed by atoms with Gasteiger partial charge in [0.05, 0.1) is 21.4 Å². The molecule has 6 heteroatoms. The summed E-state index contributed by atoms with van der Waals surface area (Å²) in [6, 6.07) is 6.45. The molecule has 4 nitrogen and oxygen atoms in total. The van der Waals surface area contributed by atoms with Gasteiger partial charge in [-0.25, -0.2) is 4.98 Å². The van der Waals surface area contributed by atoms with E-state index in [9.17, 15) is 0 Å². The van der Waals surface area contributed by atoms with Crippen molar-refractivity contribution in [2.24, 2.45) is 7.05 Å². The van der Waals surface area contributed by atoms with Crippen LogP contribution in [0.25, 0.3) is 10.2 Å². The van der Waals surface area contributed by atoms with Crippen LogP contribution < -0.4 is 5.32 Å². The maximum atomic E-state index is 6.22. The average Bonchev–Trinajstić information content (AvgIpc) is 3.02. The largest absolute Gasteiger partial charge is 0.312 e. The quantitative estimate of drug-likeness (QED) is 0.733. The van der Waals surface area contributed by atoms with Crippen molar-refractivity contribution >= 4 is 33.2 Å². The van der Waals surface area contributed by atoms with Crippen LogP contribution in [0.15, 0.2) is 23.7 Å². The molecule has 0 unspecified atom stereocenters. The number of thiazole rings is 1. The fourth-order valence-electron chi connectivity index (χ4n) is 2.38. The number of aryl methyl sites for hydroxylation is 2. The maximum Gasteiger partial charge on any atom is 0.131 e. The van der Waals surface area contributed by atoms with E-state index in [4.69, 9.17) is 11.6 Å². The van der Waals surface area contributed by atoms with E-state index < -0.39 is 0 Å². The summed E-state index contributed by atoms with van der Waals surface area (Å²) < 4.78 is 2.96. The van der Waals surface area contributed by atoms with Crippen LogP contribution in [0, 0.1) is 6.92 Å². The van der Waals surface area contributed by atoms with Crippen LogP contribution in [-0.4, -0.2) is 21.3 Å². The highest BCUT2D eigenvalue weighted by Crippen LogP contribution is 2.20. The minimum absolute atomic E-state index is 0.714. The second kappa shape index (κ2) is 6.13. The number of halogens is 1. The molecule has 1 aromatic carbocycles. The standard InChI is InChI=1S/C15H17ClN4S/c1-10-12(15(16)20(2)19-10)8-17-6-5-11-3-4-13-14(7-11)21-9-18-13/h3-4,7,9,17H,5-6,8H2,1-2H3. The van der Waals surface area contributed by atoms with Gasteiger partial charge >= 0.3 is 0 Å². The van der Waals surface area contributed by atoms with Crippen molar-refractivity contribution in [3.8, 4) is 0 Å². The molecule has 0 aliphatic carbocycles. The topological polar surface area (TPSA) is 42.7 Å². The Hall–Kier alpha value is -1.43. The lowest BCUT2D eigenvalue weighted by Gasteiger charge is -2.05. The van der Waals surface area contributed by atoms with Crippen LogP contribution in [0.1, 0.15) is 16.8 Å². The highest BCUT2D eigenvalue weighted by Gasteiger charge is 2.10. The number of nitrogens with zero attached hydrogens (tertiary/aromatic N) is 3. The van der Waals surface area contributed by atoms with Gasteiger partial charge in [0.25, 0.3) is 0 Å². The van der Waals surface area contributed by atoms with Gasteiger partial charge in [0.15, 0.2) is 0 Å². The third kappa shape index (κ3) is 3.10. The van der Waals surface area contributed by atoms with E-state index >= 15 is 0 Å². The molecule has 0 bridgehead atoms. The molecule has 0 amide bonds. The molecular formula is C15H17ClN4S.